The van der Waals surface area contributed by atoms with E-state index >= 15 is 0 Å². The second kappa shape index (κ2) is 10.6. The Balaban J connectivity index is 1.37. The maximum absolute atomic E-state index is 13.0. The predicted molar refractivity (Wildman–Crippen MR) is 129 cm³/mol. The lowest BCUT2D eigenvalue weighted by Crippen LogP contribution is -2.43. The van der Waals surface area contributed by atoms with Crippen molar-refractivity contribution >= 4 is 46.6 Å². The molecule has 174 valence electrons. The predicted octanol–water partition coefficient (Wildman–Crippen LogP) is 5.00. The fraction of sp³-hybridized carbons (Fsp3) is 0.400. The van der Waals surface area contributed by atoms with E-state index in [0.717, 1.165) is 37.8 Å². The van der Waals surface area contributed by atoms with Gasteiger partial charge < -0.3 is 15.1 Å². The van der Waals surface area contributed by atoms with Crippen LogP contribution >= 0.6 is 23.2 Å². The van der Waals surface area contributed by atoms with Crippen molar-refractivity contribution in [3.8, 4) is 0 Å². The van der Waals surface area contributed by atoms with Gasteiger partial charge in [-0.15, -0.1) is 0 Å². The van der Waals surface area contributed by atoms with E-state index in [-0.39, 0.29) is 23.6 Å². The van der Waals surface area contributed by atoms with E-state index in [1.807, 2.05) is 29.2 Å². The fourth-order valence-electron chi connectivity index (χ4n) is 4.43. The van der Waals surface area contributed by atoms with Crippen molar-refractivity contribution in [3.63, 3.8) is 0 Å². The highest BCUT2D eigenvalue weighted by molar-refractivity contribution is 6.42. The minimum absolute atomic E-state index is 0.104. The van der Waals surface area contributed by atoms with Crippen molar-refractivity contribution in [1.29, 1.82) is 0 Å². The topological polar surface area (TPSA) is 69.7 Å². The molecule has 2 fully saturated rings. The van der Waals surface area contributed by atoms with Crippen LogP contribution in [0, 0.1) is 5.92 Å². The molecule has 2 aromatic rings. The zero-order valence-corrected chi connectivity index (χ0v) is 19.9. The molecule has 3 amide bonds. The number of nitrogens with zero attached hydrogens (tertiary/aromatic N) is 2. The molecule has 1 N–H and O–H groups in total. The smallest absolute Gasteiger partial charge is 0.253 e. The second-order valence-electron chi connectivity index (χ2n) is 8.68. The maximum atomic E-state index is 13.0. The minimum Gasteiger partial charge on any atom is -0.338 e. The Morgan fingerprint density at radius 2 is 1.85 bits per heavy atom. The maximum Gasteiger partial charge on any atom is 0.253 e. The quantitative estimate of drug-likeness (QED) is 0.645. The molecule has 0 saturated carbocycles. The normalized spacial score (nSPS) is 18.8. The van der Waals surface area contributed by atoms with Gasteiger partial charge in [0.25, 0.3) is 5.91 Å². The van der Waals surface area contributed by atoms with Crippen LogP contribution in [0.5, 0.6) is 0 Å². The number of nitrogens with one attached hydrogen (secondary N) is 1. The number of carbonyl (C=O) groups is 3. The van der Waals surface area contributed by atoms with Crippen molar-refractivity contribution in [3.05, 3.63) is 63.6 Å². The SMILES string of the molecule is O=C(Nc1cccc(CN2CCCCC2=O)c1)C1CCCN(C(=O)c2ccc(Cl)c(Cl)c2)C1. The van der Waals surface area contributed by atoms with Crippen LogP contribution in [0.3, 0.4) is 0 Å². The molecule has 0 radical (unpaired) electrons. The number of benzene rings is 2. The molecule has 8 heteroatoms. The van der Waals surface area contributed by atoms with Crippen LogP contribution in [0.25, 0.3) is 0 Å². The van der Waals surface area contributed by atoms with Gasteiger partial charge in [-0.05, 0) is 61.6 Å². The molecule has 0 spiro atoms. The molecular formula is C25H27Cl2N3O3. The van der Waals surface area contributed by atoms with Gasteiger partial charge in [0.1, 0.15) is 0 Å². The Bertz CT molecular complexity index is 1060. The number of rotatable bonds is 5. The summed E-state index contributed by atoms with van der Waals surface area (Å²) in [5.41, 5.74) is 2.16. The third kappa shape index (κ3) is 5.87. The highest BCUT2D eigenvalue weighted by atomic mass is 35.5. The molecule has 0 aliphatic carbocycles. The molecule has 1 unspecified atom stereocenters. The van der Waals surface area contributed by atoms with Crippen molar-refractivity contribution in [2.45, 2.75) is 38.6 Å². The molecule has 2 aliphatic rings. The summed E-state index contributed by atoms with van der Waals surface area (Å²) in [5, 5.41) is 3.73. The van der Waals surface area contributed by atoms with E-state index < -0.39 is 0 Å². The summed E-state index contributed by atoms with van der Waals surface area (Å²) in [6.07, 6.45) is 4.06. The molecule has 6 nitrogen and oxygen atoms in total. The van der Waals surface area contributed by atoms with Crippen LogP contribution < -0.4 is 5.32 Å². The lowest BCUT2D eigenvalue weighted by molar-refractivity contribution is -0.133. The first kappa shape index (κ1) is 23.6. The summed E-state index contributed by atoms with van der Waals surface area (Å²) in [4.78, 5) is 41.6. The Hall–Kier alpha value is -2.57. The first-order chi connectivity index (χ1) is 15.9. The van der Waals surface area contributed by atoms with Gasteiger partial charge in [0.15, 0.2) is 0 Å². The van der Waals surface area contributed by atoms with Crippen molar-refractivity contribution in [2.24, 2.45) is 5.92 Å². The zero-order valence-electron chi connectivity index (χ0n) is 18.4. The summed E-state index contributed by atoms with van der Waals surface area (Å²) >= 11 is 12.0. The van der Waals surface area contributed by atoms with E-state index in [0.29, 0.717) is 47.4 Å². The number of amides is 3. The number of anilines is 1. The number of carbonyl (C=O) groups excluding carboxylic acids is 3. The fourth-order valence-corrected chi connectivity index (χ4v) is 4.73. The highest BCUT2D eigenvalue weighted by Gasteiger charge is 2.29. The monoisotopic (exact) mass is 487 g/mol. The van der Waals surface area contributed by atoms with E-state index in [9.17, 15) is 14.4 Å². The first-order valence-electron chi connectivity index (χ1n) is 11.3. The third-order valence-corrected chi connectivity index (χ3v) is 6.97. The van der Waals surface area contributed by atoms with Gasteiger partial charge in [0, 0.05) is 43.9 Å². The van der Waals surface area contributed by atoms with E-state index in [4.69, 9.17) is 23.2 Å². The van der Waals surface area contributed by atoms with Crippen LogP contribution in [0.2, 0.25) is 10.0 Å². The van der Waals surface area contributed by atoms with Gasteiger partial charge in [-0.1, -0.05) is 35.3 Å². The largest absolute Gasteiger partial charge is 0.338 e. The highest BCUT2D eigenvalue weighted by Crippen LogP contribution is 2.26. The Morgan fingerprint density at radius 3 is 2.64 bits per heavy atom. The molecule has 2 aromatic carbocycles. The summed E-state index contributed by atoms with van der Waals surface area (Å²) in [5.74, 6) is -0.366. The van der Waals surface area contributed by atoms with Crippen LogP contribution in [0.15, 0.2) is 42.5 Å². The summed E-state index contributed by atoms with van der Waals surface area (Å²) in [6, 6.07) is 12.4. The van der Waals surface area contributed by atoms with Crippen LogP contribution in [-0.4, -0.2) is 47.2 Å². The third-order valence-electron chi connectivity index (χ3n) is 6.24. The number of likely N-dealkylation sites (tertiary alicyclic amines) is 2. The molecular weight excluding hydrogens is 461 g/mol. The average molecular weight is 488 g/mol. The second-order valence-corrected chi connectivity index (χ2v) is 9.50. The van der Waals surface area contributed by atoms with Crippen LogP contribution in [0.1, 0.15) is 48.0 Å². The Morgan fingerprint density at radius 1 is 1.00 bits per heavy atom. The van der Waals surface area contributed by atoms with Gasteiger partial charge in [0.05, 0.1) is 16.0 Å². The molecule has 2 aliphatic heterocycles. The van der Waals surface area contributed by atoms with E-state index in [2.05, 4.69) is 5.32 Å². The van der Waals surface area contributed by atoms with Gasteiger partial charge in [0.2, 0.25) is 11.8 Å². The molecule has 1 atom stereocenters. The van der Waals surface area contributed by atoms with Crippen molar-refractivity contribution < 1.29 is 14.4 Å². The number of halogens is 2. The van der Waals surface area contributed by atoms with E-state index in [1.54, 1.807) is 23.1 Å². The van der Waals surface area contributed by atoms with E-state index in [1.165, 1.54) is 0 Å². The minimum atomic E-state index is -0.294. The number of hydrogen-bond acceptors (Lipinski definition) is 3. The first-order valence-corrected chi connectivity index (χ1v) is 12.1. The Kier molecular flexibility index (Phi) is 7.56. The van der Waals surface area contributed by atoms with Gasteiger partial charge in [-0.3, -0.25) is 14.4 Å². The van der Waals surface area contributed by atoms with Crippen molar-refractivity contribution in [1.82, 2.24) is 9.80 Å². The van der Waals surface area contributed by atoms with Gasteiger partial charge in [-0.25, -0.2) is 0 Å². The standard InChI is InChI=1S/C25H27Cl2N3O3/c26-21-10-9-18(14-22(21)27)25(33)30-12-4-6-19(16-30)24(32)28-20-7-3-5-17(13-20)15-29-11-2-1-8-23(29)31/h3,5,7,9-10,13-14,19H,1-2,4,6,8,11-12,15-16H2,(H,28,32). The van der Waals surface area contributed by atoms with Crippen molar-refractivity contribution in [2.75, 3.05) is 25.0 Å². The van der Waals surface area contributed by atoms with Crippen LogP contribution in [-0.2, 0) is 16.1 Å². The van der Waals surface area contributed by atoms with Gasteiger partial charge >= 0.3 is 0 Å². The lowest BCUT2D eigenvalue weighted by Gasteiger charge is -2.32. The average Bonchev–Trinajstić information content (AvgIpc) is 2.82. The molecule has 33 heavy (non-hydrogen) atoms. The molecule has 0 aromatic heterocycles. The summed E-state index contributed by atoms with van der Waals surface area (Å²) in [7, 11) is 0. The molecule has 4 rings (SSSR count). The van der Waals surface area contributed by atoms with Crippen LogP contribution in [0.4, 0.5) is 5.69 Å². The molecule has 2 heterocycles. The molecule has 2 saturated heterocycles. The Labute approximate surface area is 203 Å². The summed E-state index contributed by atoms with van der Waals surface area (Å²) < 4.78 is 0. The lowest BCUT2D eigenvalue weighted by atomic mass is 9.96. The number of hydrogen-bond donors (Lipinski definition) is 1. The molecule has 0 bridgehead atoms. The number of piperidine rings is 2. The summed E-state index contributed by atoms with van der Waals surface area (Å²) in [6.45, 7) is 2.28. The zero-order chi connectivity index (χ0) is 23.4. The van der Waals surface area contributed by atoms with Gasteiger partial charge in [-0.2, -0.15) is 0 Å².